The lowest BCUT2D eigenvalue weighted by Crippen LogP contribution is -2.13. The van der Waals surface area contributed by atoms with Crippen LogP contribution in [-0.2, 0) is 0 Å². The predicted molar refractivity (Wildman–Crippen MR) is 141 cm³/mol. The fraction of sp³-hybridized carbons (Fsp3) is 0. The molecular formula is C30H23ClN2. The summed E-state index contributed by atoms with van der Waals surface area (Å²) in [6.45, 7) is 0. The Bertz CT molecular complexity index is 1280. The van der Waals surface area contributed by atoms with Crippen molar-refractivity contribution in [3.63, 3.8) is 0 Å². The monoisotopic (exact) mass is 446 g/mol. The summed E-state index contributed by atoms with van der Waals surface area (Å²) >= 11 is 6.37. The van der Waals surface area contributed by atoms with Crippen molar-refractivity contribution in [1.82, 2.24) is 0 Å². The van der Waals surface area contributed by atoms with Crippen LogP contribution in [0.5, 0.6) is 0 Å². The van der Waals surface area contributed by atoms with Crippen LogP contribution in [-0.4, -0.2) is 0 Å². The Morgan fingerprint density at radius 1 is 0.333 bits per heavy atom. The van der Waals surface area contributed by atoms with E-state index in [1.807, 2.05) is 36.4 Å². The first kappa shape index (κ1) is 20.9. The fourth-order valence-electron chi connectivity index (χ4n) is 4.01. The third-order valence-electron chi connectivity index (χ3n) is 5.46. The Labute approximate surface area is 199 Å². The Balaban J connectivity index is 1.66. The Kier molecular flexibility index (Phi) is 6.10. The van der Waals surface area contributed by atoms with E-state index in [2.05, 4.69) is 113 Å². The van der Waals surface area contributed by atoms with E-state index in [1.54, 1.807) is 0 Å². The van der Waals surface area contributed by atoms with Crippen LogP contribution >= 0.6 is 11.6 Å². The molecule has 0 saturated carbocycles. The molecule has 0 aromatic heterocycles. The third-order valence-corrected chi connectivity index (χ3v) is 5.69. The van der Waals surface area contributed by atoms with Crippen LogP contribution in [0, 0.1) is 0 Å². The summed E-state index contributed by atoms with van der Waals surface area (Å²) in [4.78, 5) is 4.49. The van der Waals surface area contributed by atoms with E-state index < -0.39 is 0 Å². The number of nitrogens with zero attached hydrogens (tertiary/aromatic N) is 2. The molecule has 0 bridgehead atoms. The number of anilines is 6. The van der Waals surface area contributed by atoms with Crippen molar-refractivity contribution < 1.29 is 0 Å². The van der Waals surface area contributed by atoms with E-state index in [9.17, 15) is 0 Å². The molecule has 3 heteroatoms. The summed E-state index contributed by atoms with van der Waals surface area (Å²) in [5.74, 6) is 0. The highest BCUT2D eigenvalue weighted by molar-refractivity contribution is 6.30. The second kappa shape index (κ2) is 9.64. The van der Waals surface area contributed by atoms with Crippen LogP contribution in [0.25, 0.3) is 0 Å². The van der Waals surface area contributed by atoms with Crippen molar-refractivity contribution >= 4 is 45.7 Å². The molecule has 2 nitrogen and oxygen atoms in total. The zero-order valence-electron chi connectivity index (χ0n) is 18.1. The number of hydrogen-bond acceptors (Lipinski definition) is 2. The highest BCUT2D eigenvalue weighted by Crippen LogP contribution is 2.40. The highest BCUT2D eigenvalue weighted by Gasteiger charge is 2.16. The van der Waals surface area contributed by atoms with Gasteiger partial charge in [-0.05, 0) is 72.8 Å². The molecule has 5 aromatic carbocycles. The standard InChI is InChI=1S/C30H23ClN2/c31-24-12-10-19-28(22-24)33(27-17-8-3-9-18-27)30-21-11-20-29(23-30)32(25-13-4-1-5-14-25)26-15-6-2-7-16-26/h1-23H. The molecule has 0 atom stereocenters. The SMILES string of the molecule is Clc1cccc(N(c2ccccc2)c2cccc(N(c3ccccc3)c3ccccc3)c2)c1. The van der Waals surface area contributed by atoms with Gasteiger partial charge in [0.25, 0.3) is 0 Å². The van der Waals surface area contributed by atoms with Crippen molar-refractivity contribution in [3.8, 4) is 0 Å². The molecule has 0 aliphatic rings. The van der Waals surface area contributed by atoms with Crippen LogP contribution in [0.15, 0.2) is 140 Å². The summed E-state index contributed by atoms with van der Waals surface area (Å²) in [6.07, 6.45) is 0. The molecule has 0 heterocycles. The van der Waals surface area contributed by atoms with E-state index in [4.69, 9.17) is 11.6 Å². The Morgan fingerprint density at radius 2 is 0.667 bits per heavy atom. The molecule has 0 N–H and O–H groups in total. The van der Waals surface area contributed by atoms with Crippen molar-refractivity contribution in [2.24, 2.45) is 0 Å². The first-order valence-corrected chi connectivity index (χ1v) is 11.3. The van der Waals surface area contributed by atoms with Crippen molar-refractivity contribution in [1.29, 1.82) is 0 Å². The minimum absolute atomic E-state index is 0.708. The van der Waals surface area contributed by atoms with Crippen molar-refractivity contribution in [3.05, 3.63) is 145 Å². The lowest BCUT2D eigenvalue weighted by atomic mass is 10.1. The molecule has 160 valence electrons. The average Bonchev–Trinajstić information content (AvgIpc) is 2.87. The zero-order valence-corrected chi connectivity index (χ0v) is 18.8. The van der Waals surface area contributed by atoms with Gasteiger partial charge < -0.3 is 9.80 Å². The molecule has 33 heavy (non-hydrogen) atoms. The van der Waals surface area contributed by atoms with Gasteiger partial charge in [0, 0.05) is 39.1 Å². The largest absolute Gasteiger partial charge is 0.310 e. The van der Waals surface area contributed by atoms with Gasteiger partial charge in [-0.3, -0.25) is 0 Å². The second-order valence-corrected chi connectivity index (χ2v) is 8.11. The summed E-state index contributed by atoms with van der Waals surface area (Å²) in [5, 5.41) is 0.708. The maximum absolute atomic E-state index is 6.37. The Hall–Kier alpha value is -4.01. The van der Waals surface area contributed by atoms with E-state index >= 15 is 0 Å². The molecule has 5 rings (SSSR count). The van der Waals surface area contributed by atoms with Gasteiger partial charge in [-0.1, -0.05) is 78.3 Å². The van der Waals surface area contributed by atoms with E-state index in [-0.39, 0.29) is 0 Å². The van der Waals surface area contributed by atoms with Crippen molar-refractivity contribution in [2.45, 2.75) is 0 Å². The summed E-state index contributed by atoms with van der Waals surface area (Å²) in [6, 6.07) is 47.8. The Morgan fingerprint density at radius 3 is 1.09 bits per heavy atom. The number of para-hydroxylation sites is 3. The second-order valence-electron chi connectivity index (χ2n) is 7.68. The first-order valence-electron chi connectivity index (χ1n) is 10.9. The smallest absolute Gasteiger partial charge is 0.0482 e. The average molecular weight is 447 g/mol. The predicted octanol–water partition coefficient (Wildman–Crippen LogP) is 9.28. The van der Waals surface area contributed by atoms with Crippen LogP contribution in [0.2, 0.25) is 5.02 Å². The number of hydrogen-bond donors (Lipinski definition) is 0. The van der Waals surface area contributed by atoms with Gasteiger partial charge in [-0.2, -0.15) is 0 Å². The molecule has 0 amide bonds. The van der Waals surface area contributed by atoms with Gasteiger partial charge in [0.1, 0.15) is 0 Å². The first-order chi connectivity index (χ1) is 16.3. The van der Waals surface area contributed by atoms with Crippen LogP contribution in [0.4, 0.5) is 34.1 Å². The van der Waals surface area contributed by atoms with Crippen LogP contribution in [0.3, 0.4) is 0 Å². The third kappa shape index (κ3) is 4.62. The van der Waals surface area contributed by atoms with Crippen LogP contribution in [0.1, 0.15) is 0 Å². The minimum Gasteiger partial charge on any atom is -0.310 e. The molecule has 0 unspecified atom stereocenters. The van der Waals surface area contributed by atoms with Crippen molar-refractivity contribution in [2.75, 3.05) is 9.80 Å². The highest BCUT2D eigenvalue weighted by atomic mass is 35.5. The number of rotatable bonds is 6. The lowest BCUT2D eigenvalue weighted by Gasteiger charge is -2.29. The van der Waals surface area contributed by atoms with Gasteiger partial charge in [0.15, 0.2) is 0 Å². The maximum atomic E-state index is 6.37. The molecule has 5 aromatic rings. The van der Waals surface area contributed by atoms with E-state index in [0.717, 1.165) is 34.1 Å². The van der Waals surface area contributed by atoms with Gasteiger partial charge in [-0.15, -0.1) is 0 Å². The molecule has 0 fully saturated rings. The molecule has 0 aliphatic heterocycles. The number of halogens is 1. The summed E-state index contributed by atoms with van der Waals surface area (Å²) < 4.78 is 0. The summed E-state index contributed by atoms with van der Waals surface area (Å²) in [5.41, 5.74) is 6.43. The van der Waals surface area contributed by atoms with Gasteiger partial charge >= 0.3 is 0 Å². The maximum Gasteiger partial charge on any atom is 0.0482 e. The minimum atomic E-state index is 0.708. The van der Waals surface area contributed by atoms with E-state index in [0.29, 0.717) is 5.02 Å². The molecular weight excluding hydrogens is 424 g/mol. The van der Waals surface area contributed by atoms with Gasteiger partial charge in [0.05, 0.1) is 0 Å². The fourth-order valence-corrected chi connectivity index (χ4v) is 4.20. The normalized spacial score (nSPS) is 10.6. The van der Waals surface area contributed by atoms with Crippen LogP contribution < -0.4 is 9.80 Å². The molecule has 0 aliphatic carbocycles. The van der Waals surface area contributed by atoms with Gasteiger partial charge in [0.2, 0.25) is 0 Å². The number of benzene rings is 5. The zero-order chi connectivity index (χ0) is 22.5. The molecule has 0 saturated heterocycles. The van der Waals surface area contributed by atoms with E-state index in [1.165, 1.54) is 0 Å². The van der Waals surface area contributed by atoms with Gasteiger partial charge in [-0.25, -0.2) is 0 Å². The molecule has 0 spiro atoms. The molecule has 0 radical (unpaired) electrons. The quantitative estimate of drug-likeness (QED) is 0.256. The lowest BCUT2D eigenvalue weighted by molar-refractivity contribution is 1.25. The topological polar surface area (TPSA) is 6.48 Å². The summed E-state index contributed by atoms with van der Waals surface area (Å²) in [7, 11) is 0.